The maximum Gasteiger partial charge on any atom is 0.342 e. The van der Waals surface area contributed by atoms with Crippen molar-refractivity contribution < 1.29 is 28.2 Å². The lowest BCUT2D eigenvalue weighted by molar-refractivity contribution is -0.131. The summed E-state index contributed by atoms with van der Waals surface area (Å²) in [5.74, 6) is -0.418. The molecule has 0 unspecified atom stereocenters. The number of thioether (sulfide) groups is 1. The van der Waals surface area contributed by atoms with Crippen molar-refractivity contribution in [2.75, 3.05) is 7.11 Å². The largest absolute Gasteiger partial charge is 0.496 e. The van der Waals surface area contributed by atoms with Crippen molar-refractivity contribution in [3.8, 4) is 23.0 Å². The summed E-state index contributed by atoms with van der Waals surface area (Å²) in [5, 5.41) is 18.1. The zero-order valence-corrected chi connectivity index (χ0v) is 21.7. The molecule has 0 radical (unpaired) electrons. The van der Waals surface area contributed by atoms with E-state index in [4.69, 9.17) is 25.5 Å². The van der Waals surface area contributed by atoms with Gasteiger partial charge in [-0.1, -0.05) is 35.9 Å². The third kappa shape index (κ3) is 6.26. The van der Waals surface area contributed by atoms with Crippen molar-refractivity contribution in [3.05, 3.63) is 92.0 Å². The minimum atomic E-state index is -1.17. The molecule has 3 aromatic carbocycles. The fraction of sp³-hybridized carbons (Fsp3) is 0.0800. The van der Waals surface area contributed by atoms with Gasteiger partial charge in [0.25, 0.3) is 11.1 Å². The lowest BCUT2D eigenvalue weighted by atomic mass is 10.2. The Hall–Kier alpha value is -3.34. The molecule has 1 aromatic heterocycles. The molecule has 0 fully saturated rings. The molecular formula is C25H17BrClFN2O5S. The maximum atomic E-state index is 13.8. The molecule has 4 rings (SSSR count). The van der Waals surface area contributed by atoms with Crippen LogP contribution in [0.3, 0.4) is 0 Å². The monoisotopic (exact) mass is 590 g/mol. The molecule has 11 heteroatoms. The van der Waals surface area contributed by atoms with E-state index in [1.807, 2.05) is 0 Å². The van der Waals surface area contributed by atoms with Gasteiger partial charge in [-0.25, -0.2) is 9.18 Å². The zero-order chi connectivity index (χ0) is 25.7. The SMILES string of the molecule is COc1ccc(Cl)cc1-c1nnc(S/C(=C\c2ccc(OCc3ccccc3F)c(Br)c2)C(=O)O)o1. The van der Waals surface area contributed by atoms with E-state index in [0.717, 1.165) is 11.8 Å². The first-order valence-corrected chi connectivity index (χ1v) is 12.3. The summed E-state index contributed by atoms with van der Waals surface area (Å²) in [6.45, 7) is 0.0492. The molecule has 184 valence electrons. The van der Waals surface area contributed by atoms with Crippen molar-refractivity contribution in [1.29, 1.82) is 0 Å². The van der Waals surface area contributed by atoms with Crippen LogP contribution in [0.2, 0.25) is 5.02 Å². The summed E-state index contributed by atoms with van der Waals surface area (Å²) < 4.78 is 31.0. The molecule has 1 N–H and O–H groups in total. The van der Waals surface area contributed by atoms with Crippen molar-refractivity contribution in [2.45, 2.75) is 11.8 Å². The highest BCUT2D eigenvalue weighted by Crippen LogP contribution is 2.35. The number of aliphatic carboxylic acids is 1. The molecule has 36 heavy (non-hydrogen) atoms. The minimum Gasteiger partial charge on any atom is -0.496 e. The lowest BCUT2D eigenvalue weighted by Crippen LogP contribution is -1.99. The Kier molecular flexibility index (Phi) is 8.29. The van der Waals surface area contributed by atoms with E-state index in [1.54, 1.807) is 54.6 Å². The summed E-state index contributed by atoms with van der Waals surface area (Å²) in [7, 11) is 1.50. The molecule has 0 spiro atoms. The zero-order valence-electron chi connectivity index (χ0n) is 18.6. The van der Waals surface area contributed by atoms with Gasteiger partial charge in [0.15, 0.2) is 0 Å². The number of carboxylic acid groups (broad SMARTS) is 1. The van der Waals surface area contributed by atoms with E-state index in [2.05, 4.69) is 26.1 Å². The predicted molar refractivity (Wildman–Crippen MR) is 138 cm³/mol. The topological polar surface area (TPSA) is 94.7 Å². The molecule has 4 aromatic rings. The van der Waals surface area contributed by atoms with Crippen LogP contribution >= 0.6 is 39.3 Å². The van der Waals surface area contributed by atoms with Crippen LogP contribution < -0.4 is 9.47 Å². The number of methoxy groups -OCH3 is 1. The number of rotatable bonds is 9. The number of benzene rings is 3. The molecular weight excluding hydrogens is 575 g/mol. The predicted octanol–water partition coefficient (Wildman–Crippen LogP) is 7.10. The average Bonchev–Trinajstić information content (AvgIpc) is 3.32. The number of nitrogens with zero attached hydrogens (tertiary/aromatic N) is 2. The summed E-state index contributed by atoms with van der Waals surface area (Å²) in [6.07, 6.45) is 1.46. The van der Waals surface area contributed by atoms with Crippen LogP contribution in [0.5, 0.6) is 11.5 Å². The van der Waals surface area contributed by atoms with Gasteiger partial charge in [0.05, 0.1) is 17.1 Å². The molecule has 1 heterocycles. The molecule has 0 aliphatic heterocycles. The third-order valence-corrected chi connectivity index (χ3v) is 6.51. The summed E-state index contributed by atoms with van der Waals surface area (Å²) in [4.78, 5) is 11.8. The van der Waals surface area contributed by atoms with Gasteiger partial charge in [0, 0.05) is 10.6 Å². The van der Waals surface area contributed by atoms with E-state index < -0.39 is 5.97 Å². The normalized spacial score (nSPS) is 11.4. The smallest absolute Gasteiger partial charge is 0.342 e. The fourth-order valence-electron chi connectivity index (χ4n) is 3.08. The Morgan fingerprint density at radius 2 is 1.94 bits per heavy atom. The quantitative estimate of drug-likeness (QED) is 0.163. The molecule has 0 bridgehead atoms. The van der Waals surface area contributed by atoms with Gasteiger partial charge in [-0.05, 0) is 75.7 Å². The van der Waals surface area contributed by atoms with E-state index >= 15 is 0 Å². The second-order valence-corrected chi connectivity index (χ2v) is 9.49. The second kappa shape index (κ2) is 11.6. The molecule has 0 amide bonds. The van der Waals surface area contributed by atoms with Crippen molar-refractivity contribution in [2.24, 2.45) is 0 Å². The van der Waals surface area contributed by atoms with Crippen LogP contribution in [-0.4, -0.2) is 28.4 Å². The van der Waals surface area contributed by atoms with Crippen molar-refractivity contribution in [1.82, 2.24) is 10.2 Å². The first kappa shape index (κ1) is 25.7. The Bertz CT molecular complexity index is 1450. The summed E-state index contributed by atoms with van der Waals surface area (Å²) in [5.41, 5.74) is 1.49. The number of aromatic nitrogens is 2. The molecule has 7 nitrogen and oxygen atoms in total. The van der Waals surface area contributed by atoms with E-state index in [9.17, 15) is 14.3 Å². The number of halogens is 3. The van der Waals surface area contributed by atoms with E-state index in [-0.39, 0.29) is 28.4 Å². The highest BCUT2D eigenvalue weighted by atomic mass is 79.9. The van der Waals surface area contributed by atoms with Crippen LogP contribution in [-0.2, 0) is 11.4 Å². The molecule has 0 atom stereocenters. The van der Waals surface area contributed by atoms with Crippen LogP contribution in [0.1, 0.15) is 11.1 Å². The Balaban J connectivity index is 1.51. The highest BCUT2D eigenvalue weighted by molar-refractivity contribution is 9.10. The van der Waals surface area contributed by atoms with Crippen LogP contribution in [0, 0.1) is 5.82 Å². The van der Waals surface area contributed by atoms with Gasteiger partial charge in [0.2, 0.25) is 0 Å². The van der Waals surface area contributed by atoms with Gasteiger partial charge in [-0.15, -0.1) is 10.2 Å². The van der Waals surface area contributed by atoms with Crippen LogP contribution in [0.4, 0.5) is 4.39 Å². The minimum absolute atomic E-state index is 0.0320. The molecule has 0 saturated carbocycles. The van der Waals surface area contributed by atoms with Gasteiger partial charge in [-0.3, -0.25) is 0 Å². The van der Waals surface area contributed by atoms with Gasteiger partial charge in [-0.2, -0.15) is 0 Å². The van der Waals surface area contributed by atoms with Gasteiger partial charge < -0.3 is 19.0 Å². The Morgan fingerprint density at radius 1 is 1.17 bits per heavy atom. The number of hydrogen-bond acceptors (Lipinski definition) is 7. The van der Waals surface area contributed by atoms with Gasteiger partial charge >= 0.3 is 5.97 Å². The molecule has 0 saturated heterocycles. The van der Waals surface area contributed by atoms with Crippen LogP contribution in [0.25, 0.3) is 17.5 Å². The first-order chi connectivity index (χ1) is 17.3. The number of ether oxygens (including phenoxy) is 2. The average molecular weight is 592 g/mol. The maximum absolute atomic E-state index is 13.8. The van der Waals surface area contributed by atoms with Crippen LogP contribution in [0.15, 0.2) is 79.7 Å². The van der Waals surface area contributed by atoms with Crippen molar-refractivity contribution >= 4 is 51.3 Å². The number of carboxylic acids is 1. The van der Waals surface area contributed by atoms with Gasteiger partial charge in [0.1, 0.15) is 28.8 Å². The van der Waals surface area contributed by atoms with Crippen molar-refractivity contribution in [3.63, 3.8) is 0 Å². The summed E-state index contributed by atoms with van der Waals surface area (Å²) >= 11 is 10.3. The Morgan fingerprint density at radius 3 is 2.67 bits per heavy atom. The number of carbonyl (C=O) groups is 1. The van der Waals surface area contributed by atoms with E-state index in [1.165, 1.54) is 19.3 Å². The fourth-order valence-corrected chi connectivity index (χ4v) is 4.44. The first-order valence-electron chi connectivity index (χ1n) is 10.3. The summed E-state index contributed by atoms with van der Waals surface area (Å²) in [6, 6.07) is 16.3. The highest BCUT2D eigenvalue weighted by Gasteiger charge is 2.18. The molecule has 0 aliphatic rings. The second-order valence-electron chi connectivity index (χ2n) is 7.20. The van der Waals surface area contributed by atoms with E-state index in [0.29, 0.717) is 37.7 Å². The molecule has 0 aliphatic carbocycles. The third-order valence-electron chi connectivity index (χ3n) is 4.80. The number of hydrogen-bond donors (Lipinski definition) is 1. The Labute approximate surface area is 223 Å². The standard InChI is InChI=1S/C25H17BrClFN2O5S/c1-33-20-9-7-16(27)12-17(20)23-29-30-25(35-23)36-22(24(31)32)11-14-6-8-21(18(26)10-14)34-13-15-4-2-3-5-19(15)28/h2-12H,13H2,1H3,(H,31,32)/b22-11-. The lowest BCUT2D eigenvalue weighted by Gasteiger charge is -2.10.